The van der Waals surface area contributed by atoms with Crippen LogP contribution in [0.3, 0.4) is 0 Å². The molecule has 0 saturated carbocycles. The molecule has 2 heteroatoms. The summed E-state index contributed by atoms with van der Waals surface area (Å²) in [5.41, 5.74) is 4.45. The van der Waals surface area contributed by atoms with Gasteiger partial charge in [-0.2, -0.15) is 0 Å². The molecule has 0 bridgehead atoms. The van der Waals surface area contributed by atoms with Crippen LogP contribution in [0.2, 0.25) is 5.02 Å². The van der Waals surface area contributed by atoms with E-state index in [2.05, 4.69) is 0 Å². The van der Waals surface area contributed by atoms with E-state index in [9.17, 15) is 4.79 Å². The molecule has 0 amide bonds. The average Bonchev–Trinajstić information content (AvgIpc) is 2.47. The molecule has 0 heterocycles. The molecule has 0 fully saturated rings. The normalized spacial score (nSPS) is 12.6. The van der Waals surface area contributed by atoms with Gasteiger partial charge in [0.15, 0.2) is 5.78 Å². The molecular formula is C18H11ClO. The number of aryl methyl sites for hydroxylation is 1. The van der Waals surface area contributed by atoms with Crippen LogP contribution in [0.15, 0.2) is 48.5 Å². The van der Waals surface area contributed by atoms with E-state index in [1.807, 2.05) is 55.5 Å². The number of ketones is 1. The second-order valence-corrected chi connectivity index (χ2v) is 5.54. The van der Waals surface area contributed by atoms with E-state index in [0.717, 1.165) is 43.6 Å². The number of rotatable bonds is 0. The molecule has 1 aliphatic rings. The van der Waals surface area contributed by atoms with Crippen LogP contribution in [0.5, 0.6) is 0 Å². The van der Waals surface area contributed by atoms with Gasteiger partial charge in [-0.1, -0.05) is 54.1 Å². The minimum atomic E-state index is 0.0821. The summed E-state index contributed by atoms with van der Waals surface area (Å²) in [6.07, 6.45) is 0. The van der Waals surface area contributed by atoms with Crippen molar-refractivity contribution < 1.29 is 4.79 Å². The van der Waals surface area contributed by atoms with E-state index in [0.29, 0.717) is 0 Å². The van der Waals surface area contributed by atoms with Crippen molar-refractivity contribution >= 4 is 28.2 Å². The Morgan fingerprint density at radius 1 is 0.900 bits per heavy atom. The standard InChI is InChI=1S/C18H11ClO/c1-10-9-11-5-4-8-14-15(11)16(17(10)19)12-6-2-3-7-13(12)18(14)20/h2-9H,1H3. The molecular weight excluding hydrogens is 268 g/mol. The third-order valence-corrected chi connectivity index (χ3v) is 4.46. The maximum absolute atomic E-state index is 12.6. The number of carbonyl (C=O) groups excluding carboxylic acids is 1. The van der Waals surface area contributed by atoms with E-state index >= 15 is 0 Å². The largest absolute Gasteiger partial charge is 0.289 e. The number of fused-ring (bicyclic) bond motifs is 2. The number of hydrogen-bond acceptors (Lipinski definition) is 1. The summed E-state index contributed by atoms with van der Waals surface area (Å²) in [5, 5.41) is 2.79. The highest BCUT2D eigenvalue weighted by atomic mass is 35.5. The van der Waals surface area contributed by atoms with Gasteiger partial charge in [0, 0.05) is 22.1 Å². The van der Waals surface area contributed by atoms with Gasteiger partial charge in [0.2, 0.25) is 0 Å². The predicted molar refractivity (Wildman–Crippen MR) is 82.6 cm³/mol. The van der Waals surface area contributed by atoms with Gasteiger partial charge in [-0.05, 0) is 29.5 Å². The Bertz CT molecular complexity index is 893. The first-order valence-corrected chi connectivity index (χ1v) is 6.92. The maximum Gasteiger partial charge on any atom is 0.194 e. The molecule has 4 rings (SSSR count). The summed E-state index contributed by atoms with van der Waals surface area (Å²) in [6, 6.07) is 15.6. The van der Waals surface area contributed by atoms with Gasteiger partial charge in [-0.3, -0.25) is 4.79 Å². The van der Waals surface area contributed by atoms with Crippen LogP contribution < -0.4 is 0 Å². The van der Waals surface area contributed by atoms with Gasteiger partial charge >= 0.3 is 0 Å². The molecule has 3 aromatic carbocycles. The van der Waals surface area contributed by atoms with Crippen molar-refractivity contribution in [2.24, 2.45) is 0 Å². The van der Waals surface area contributed by atoms with E-state index < -0.39 is 0 Å². The molecule has 0 atom stereocenters. The van der Waals surface area contributed by atoms with Crippen LogP contribution in [0.25, 0.3) is 21.9 Å². The number of halogens is 1. The number of hydrogen-bond donors (Lipinski definition) is 0. The lowest BCUT2D eigenvalue weighted by atomic mass is 9.82. The Morgan fingerprint density at radius 3 is 2.40 bits per heavy atom. The third kappa shape index (κ3) is 1.36. The highest BCUT2D eigenvalue weighted by molar-refractivity contribution is 6.38. The smallest absolute Gasteiger partial charge is 0.194 e. The van der Waals surface area contributed by atoms with E-state index in [4.69, 9.17) is 11.6 Å². The first-order valence-electron chi connectivity index (χ1n) is 6.54. The average molecular weight is 279 g/mol. The van der Waals surface area contributed by atoms with Gasteiger partial charge in [-0.15, -0.1) is 0 Å². The summed E-state index contributed by atoms with van der Waals surface area (Å²) >= 11 is 6.54. The maximum atomic E-state index is 12.6. The topological polar surface area (TPSA) is 17.1 Å². The highest BCUT2D eigenvalue weighted by Gasteiger charge is 2.26. The highest BCUT2D eigenvalue weighted by Crippen LogP contribution is 2.44. The minimum Gasteiger partial charge on any atom is -0.289 e. The van der Waals surface area contributed by atoms with Crippen molar-refractivity contribution in [3.8, 4) is 11.1 Å². The van der Waals surface area contributed by atoms with Crippen molar-refractivity contribution in [2.45, 2.75) is 6.92 Å². The molecule has 20 heavy (non-hydrogen) atoms. The fourth-order valence-corrected chi connectivity index (χ4v) is 3.31. The molecule has 3 aromatic rings. The molecule has 1 aliphatic carbocycles. The molecule has 0 radical (unpaired) electrons. The fraction of sp³-hybridized carbons (Fsp3) is 0.0556. The first kappa shape index (κ1) is 11.7. The molecule has 0 N–H and O–H groups in total. The van der Waals surface area contributed by atoms with Gasteiger partial charge in [0.1, 0.15) is 0 Å². The molecule has 0 aliphatic heterocycles. The van der Waals surface area contributed by atoms with Crippen molar-refractivity contribution in [1.29, 1.82) is 0 Å². The summed E-state index contributed by atoms with van der Waals surface area (Å²) in [7, 11) is 0. The van der Waals surface area contributed by atoms with E-state index in [-0.39, 0.29) is 5.78 Å². The third-order valence-electron chi connectivity index (χ3n) is 3.97. The van der Waals surface area contributed by atoms with Crippen molar-refractivity contribution in [2.75, 3.05) is 0 Å². The summed E-state index contributed by atoms with van der Waals surface area (Å²) in [6.45, 7) is 2.00. The zero-order chi connectivity index (χ0) is 13.9. The zero-order valence-electron chi connectivity index (χ0n) is 10.9. The Hall–Kier alpha value is -2.12. The van der Waals surface area contributed by atoms with E-state index in [1.165, 1.54) is 0 Å². The van der Waals surface area contributed by atoms with Crippen molar-refractivity contribution in [3.63, 3.8) is 0 Å². The monoisotopic (exact) mass is 278 g/mol. The lowest BCUT2D eigenvalue weighted by molar-refractivity contribution is 0.104. The van der Waals surface area contributed by atoms with E-state index in [1.54, 1.807) is 0 Å². The fourth-order valence-electron chi connectivity index (χ4n) is 3.06. The molecule has 0 unspecified atom stereocenters. The van der Waals surface area contributed by atoms with Gasteiger partial charge in [0.25, 0.3) is 0 Å². The molecule has 0 aromatic heterocycles. The summed E-state index contributed by atoms with van der Waals surface area (Å²) < 4.78 is 0. The zero-order valence-corrected chi connectivity index (χ0v) is 11.7. The first-order chi connectivity index (χ1) is 9.68. The number of benzene rings is 3. The van der Waals surface area contributed by atoms with Crippen molar-refractivity contribution in [1.82, 2.24) is 0 Å². The molecule has 0 spiro atoms. The van der Waals surface area contributed by atoms with Crippen LogP contribution in [0.4, 0.5) is 0 Å². The van der Waals surface area contributed by atoms with Crippen LogP contribution in [0.1, 0.15) is 21.5 Å². The predicted octanol–water partition coefficient (Wildman–Crippen LogP) is 5.01. The van der Waals surface area contributed by atoms with Gasteiger partial charge < -0.3 is 0 Å². The molecule has 96 valence electrons. The van der Waals surface area contributed by atoms with Crippen molar-refractivity contribution in [3.05, 3.63) is 70.2 Å². The van der Waals surface area contributed by atoms with Gasteiger partial charge in [-0.25, -0.2) is 0 Å². The second kappa shape index (κ2) is 3.94. The van der Waals surface area contributed by atoms with Crippen LogP contribution >= 0.6 is 11.6 Å². The van der Waals surface area contributed by atoms with Crippen LogP contribution in [0, 0.1) is 6.92 Å². The summed E-state index contributed by atoms with van der Waals surface area (Å²) in [5.74, 6) is 0.0821. The van der Waals surface area contributed by atoms with Gasteiger partial charge in [0.05, 0.1) is 5.02 Å². The Balaban J connectivity index is 2.32. The Morgan fingerprint density at radius 2 is 1.60 bits per heavy atom. The second-order valence-electron chi connectivity index (χ2n) is 5.16. The Labute approximate surface area is 121 Å². The lowest BCUT2D eigenvalue weighted by Gasteiger charge is -2.21. The van der Waals surface area contributed by atoms with Crippen LogP contribution in [-0.4, -0.2) is 5.78 Å². The Kier molecular flexibility index (Phi) is 2.30. The number of carbonyl (C=O) groups is 1. The molecule has 0 saturated heterocycles. The SMILES string of the molecule is Cc1cc2cccc3c2c(c1Cl)-c1ccccc1C3=O. The minimum absolute atomic E-state index is 0.0821. The quantitative estimate of drug-likeness (QED) is 0.442. The lowest BCUT2D eigenvalue weighted by Crippen LogP contribution is -2.10. The summed E-state index contributed by atoms with van der Waals surface area (Å²) in [4.78, 5) is 12.6. The van der Waals surface area contributed by atoms with Crippen LogP contribution in [-0.2, 0) is 0 Å². The molecule has 1 nitrogen and oxygen atoms in total.